The summed E-state index contributed by atoms with van der Waals surface area (Å²) in [5.74, 6) is 0.530. The Bertz CT molecular complexity index is 786. The summed E-state index contributed by atoms with van der Waals surface area (Å²) in [5.41, 5.74) is 3.33. The first-order valence-electron chi connectivity index (χ1n) is 7.87. The van der Waals surface area contributed by atoms with Crippen LogP contribution >= 0.6 is 0 Å². The second-order valence-electron chi connectivity index (χ2n) is 5.85. The van der Waals surface area contributed by atoms with Gasteiger partial charge in [0, 0.05) is 23.5 Å². The lowest BCUT2D eigenvalue weighted by molar-refractivity contribution is -0.144. The van der Waals surface area contributed by atoms with Gasteiger partial charge in [-0.1, -0.05) is 5.16 Å². The fourth-order valence-corrected chi connectivity index (χ4v) is 3.29. The molecule has 0 saturated heterocycles. The highest BCUT2D eigenvalue weighted by atomic mass is 16.5. The number of nitrogens with one attached hydrogen (secondary N) is 1. The number of rotatable bonds is 4. The largest absolute Gasteiger partial charge is 0.465 e. The fraction of sp³-hybridized carbons (Fsp3) is 0.500. The third-order valence-electron chi connectivity index (χ3n) is 4.19. The molecular weight excluding hydrogens is 312 g/mol. The smallest absolute Gasteiger partial charge is 0.327 e. The number of hydrogen-bond donors (Lipinski definition) is 1. The molecule has 0 bridgehead atoms. The molecule has 2 aromatic rings. The van der Waals surface area contributed by atoms with Crippen LogP contribution < -0.4 is 5.32 Å². The lowest BCUT2D eigenvalue weighted by Crippen LogP contribution is -2.26. The van der Waals surface area contributed by atoms with Gasteiger partial charge in [0.05, 0.1) is 18.0 Å². The summed E-state index contributed by atoms with van der Waals surface area (Å²) in [6.45, 7) is 7.56. The van der Waals surface area contributed by atoms with Crippen molar-refractivity contribution in [1.82, 2.24) is 14.9 Å². The number of carbonyl (C=O) groups excluding carboxylic acids is 2. The number of ether oxygens (including phenoxy) is 1. The molecule has 128 valence electrons. The molecule has 1 aliphatic heterocycles. The normalized spacial score (nSPS) is 16.7. The second-order valence-corrected chi connectivity index (χ2v) is 5.85. The first-order chi connectivity index (χ1) is 11.4. The molecule has 1 unspecified atom stereocenters. The van der Waals surface area contributed by atoms with E-state index in [1.165, 1.54) is 4.68 Å². The molecule has 2 aromatic heterocycles. The molecule has 1 aliphatic rings. The Hall–Kier alpha value is -2.64. The van der Waals surface area contributed by atoms with E-state index in [1.54, 1.807) is 6.92 Å². The van der Waals surface area contributed by atoms with E-state index >= 15 is 0 Å². The molecule has 8 heteroatoms. The van der Waals surface area contributed by atoms with Crippen molar-refractivity contribution in [1.29, 1.82) is 0 Å². The van der Waals surface area contributed by atoms with Gasteiger partial charge >= 0.3 is 5.97 Å². The number of nitrogens with zero attached hydrogens (tertiary/aromatic N) is 3. The van der Waals surface area contributed by atoms with Gasteiger partial charge in [-0.2, -0.15) is 5.10 Å². The third kappa shape index (κ3) is 2.68. The van der Waals surface area contributed by atoms with E-state index < -0.39 is 5.97 Å². The Balaban J connectivity index is 2.06. The quantitative estimate of drug-likeness (QED) is 0.858. The van der Waals surface area contributed by atoms with Crippen LogP contribution in [0.4, 0.5) is 5.82 Å². The highest BCUT2D eigenvalue weighted by Crippen LogP contribution is 2.41. The van der Waals surface area contributed by atoms with Gasteiger partial charge in [0.25, 0.3) is 0 Å². The van der Waals surface area contributed by atoms with Crippen LogP contribution in [0.5, 0.6) is 0 Å². The molecule has 1 amide bonds. The van der Waals surface area contributed by atoms with Crippen molar-refractivity contribution in [3.63, 3.8) is 0 Å². The van der Waals surface area contributed by atoms with Gasteiger partial charge in [0.1, 0.15) is 18.1 Å². The summed E-state index contributed by atoms with van der Waals surface area (Å²) < 4.78 is 11.7. The standard InChI is InChI=1S/C16H20N4O4/c1-5-23-13(22)7-20-16-15(8(2)18-20)11(6-12(21)17-16)14-9(3)19-24-10(14)4/h11H,5-7H2,1-4H3,(H,17,21). The van der Waals surface area contributed by atoms with Gasteiger partial charge in [-0.05, 0) is 27.7 Å². The van der Waals surface area contributed by atoms with Crippen LogP contribution in [0.2, 0.25) is 0 Å². The summed E-state index contributed by atoms with van der Waals surface area (Å²) in [4.78, 5) is 24.0. The van der Waals surface area contributed by atoms with E-state index in [-0.39, 0.29) is 18.4 Å². The van der Waals surface area contributed by atoms with Gasteiger partial charge in [0.2, 0.25) is 5.91 Å². The average molecular weight is 332 g/mol. The summed E-state index contributed by atoms with van der Waals surface area (Å²) >= 11 is 0. The van der Waals surface area contributed by atoms with Crippen molar-refractivity contribution < 1.29 is 18.8 Å². The van der Waals surface area contributed by atoms with Crippen LogP contribution in [-0.4, -0.2) is 33.4 Å². The number of aromatic nitrogens is 3. The average Bonchev–Trinajstić information content (AvgIpc) is 2.99. The predicted molar refractivity (Wildman–Crippen MR) is 84.7 cm³/mol. The van der Waals surface area contributed by atoms with Crippen molar-refractivity contribution in [2.45, 2.75) is 46.6 Å². The molecule has 0 spiro atoms. The van der Waals surface area contributed by atoms with Crippen LogP contribution in [0, 0.1) is 20.8 Å². The number of anilines is 1. The van der Waals surface area contributed by atoms with Gasteiger partial charge in [-0.25, -0.2) is 4.68 Å². The Morgan fingerprint density at radius 2 is 2.08 bits per heavy atom. The van der Waals surface area contributed by atoms with Gasteiger partial charge in [-0.3, -0.25) is 9.59 Å². The van der Waals surface area contributed by atoms with Gasteiger partial charge in [-0.15, -0.1) is 0 Å². The Morgan fingerprint density at radius 3 is 2.71 bits per heavy atom. The number of aryl methyl sites for hydroxylation is 3. The van der Waals surface area contributed by atoms with Gasteiger partial charge < -0.3 is 14.6 Å². The van der Waals surface area contributed by atoms with Crippen molar-refractivity contribution in [3.8, 4) is 0 Å². The molecule has 0 radical (unpaired) electrons. The highest BCUT2D eigenvalue weighted by Gasteiger charge is 2.35. The zero-order chi connectivity index (χ0) is 17.4. The molecule has 1 atom stereocenters. The van der Waals surface area contributed by atoms with Gasteiger partial charge in [0.15, 0.2) is 0 Å². The number of esters is 1. The second kappa shape index (κ2) is 6.10. The molecule has 8 nitrogen and oxygen atoms in total. The third-order valence-corrected chi connectivity index (χ3v) is 4.19. The van der Waals surface area contributed by atoms with Crippen LogP contribution in [-0.2, 0) is 20.9 Å². The number of carbonyl (C=O) groups is 2. The van der Waals surface area contributed by atoms with Crippen molar-refractivity contribution in [3.05, 3.63) is 28.3 Å². The number of amides is 1. The van der Waals surface area contributed by atoms with E-state index in [4.69, 9.17) is 9.26 Å². The molecule has 0 aromatic carbocycles. The molecule has 0 saturated carbocycles. The summed E-state index contributed by atoms with van der Waals surface area (Å²) in [5, 5.41) is 11.2. The Kier molecular flexibility index (Phi) is 4.13. The minimum Gasteiger partial charge on any atom is -0.465 e. The monoisotopic (exact) mass is 332 g/mol. The van der Waals surface area contributed by atoms with Crippen molar-refractivity contribution in [2.24, 2.45) is 0 Å². The minimum atomic E-state index is -0.392. The Morgan fingerprint density at radius 1 is 1.33 bits per heavy atom. The van der Waals surface area contributed by atoms with Crippen LogP contribution in [0.25, 0.3) is 0 Å². The highest BCUT2D eigenvalue weighted by molar-refractivity contribution is 5.95. The first kappa shape index (κ1) is 16.2. The molecule has 3 rings (SSSR count). The molecule has 1 N–H and O–H groups in total. The first-order valence-corrected chi connectivity index (χ1v) is 7.87. The number of hydrogen-bond acceptors (Lipinski definition) is 6. The van der Waals surface area contributed by atoms with E-state index in [9.17, 15) is 9.59 Å². The molecule has 0 aliphatic carbocycles. The van der Waals surface area contributed by atoms with E-state index in [1.807, 2.05) is 20.8 Å². The topological polar surface area (TPSA) is 99.2 Å². The fourth-order valence-electron chi connectivity index (χ4n) is 3.29. The van der Waals surface area contributed by atoms with Crippen LogP contribution in [0.3, 0.4) is 0 Å². The lowest BCUT2D eigenvalue weighted by Gasteiger charge is -2.24. The molecule has 0 fully saturated rings. The zero-order valence-electron chi connectivity index (χ0n) is 14.2. The maximum absolute atomic E-state index is 12.2. The maximum atomic E-state index is 12.2. The van der Waals surface area contributed by atoms with E-state index in [2.05, 4.69) is 15.6 Å². The predicted octanol–water partition coefficient (Wildman–Crippen LogP) is 1.83. The van der Waals surface area contributed by atoms with Crippen molar-refractivity contribution >= 4 is 17.7 Å². The van der Waals surface area contributed by atoms with Crippen molar-refractivity contribution in [2.75, 3.05) is 11.9 Å². The maximum Gasteiger partial charge on any atom is 0.327 e. The van der Waals surface area contributed by atoms with Crippen LogP contribution in [0.15, 0.2) is 4.52 Å². The van der Waals surface area contributed by atoms with E-state index in [0.29, 0.717) is 24.6 Å². The molecule has 24 heavy (non-hydrogen) atoms. The lowest BCUT2D eigenvalue weighted by atomic mass is 9.85. The summed E-state index contributed by atoms with van der Waals surface area (Å²) in [6.07, 6.45) is 0.293. The number of fused-ring (bicyclic) bond motifs is 1. The van der Waals surface area contributed by atoms with E-state index in [0.717, 1.165) is 22.5 Å². The van der Waals surface area contributed by atoms with Crippen LogP contribution in [0.1, 0.15) is 47.5 Å². The molecular formula is C16H20N4O4. The summed E-state index contributed by atoms with van der Waals surface area (Å²) in [6, 6.07) is 0. The zero-order valence-corrected chi connectivity index (χ0v) is 14.2. The summed E-state index contributed by atoms with van der Waals surface area (Å²) in [7, 11) is 0. The molecule has 3 heterocycles. The minimum absolute atomic E-state index is 0.0430. The Labute approximate surface area is 139 Å². The SMILES string of the molecule is CCOC(=O)Cn1nc(C)c2c1NC(=O)CC2c1c(C)noc1C.